The van der Waals surface area contributed by atoms with Gasteiger partial charge in [-0.15, -0.1) is 0 Å². The summed E-state index contributed by atoms with van der Waals surface area (Å²) in [5.41, 5.74) is 5.20. The van der Waals surface area contributed by atoms with Crippen LogP contribution in [0.4, 0.5) is 5.95 Å². The van der Waals surface area contributed by atoms with Crippen molar-refractivity contribution in [3.8, 4) is 11.1 Å². The molecule has 0 spiro atoms. The Balaban J connectivity index is 2.27. The minimum Gasteiger partial charge on any atom is -0.348 e. The fraction of sp³-hybridized carbons (Fsp3) is 0.312. The smallest absolute Gasteiger partial charge is 0.206 e. The molecule has 0 aromatic carbocycles. The normalized spacial score (nSPS) is 11.0. The van der Waals surface area contributed by atoms with Gasteiger partial charge in [-0.1, -0.05) is 6.92 Å². The first-order valence-corrected chi connectivity index (χ1v) is 7.06. The molecule has 5 heteroatoms. The monoisotopic (exact) mass is 281 g/mol. The van der Waals surface area contributed by atoms with Crippen LogP contribution in [0.1, 0.15) is 12.6 Å². The maximum atomic E-state index is 4.83. The Bertz CT molecular complexity index is 774. The molecule has 3 heterocycles. The first kappa shape index (κ1) is 13.5. The molecule has 3 aromatic heterocycles. The third-order valence-corrected chi connectivity index (χ3v) is 3.63. The van der Waals surface area contributed by atoms with Gasteiger partial charge in [0.05, 0.1) is 5.69 Å². The predicted molar refractivity (Wildman–Crippen MR) is 85.4 cm³/mol. The SMILES string of the molecule is CCc1nc2c(cc1-c1ccncc1)nc(N(C)C)n2C. The van der Waals surface area contributed by atoms with Crippen LogP contribution in [0.25, 0.3) is 22.3 Å². The molecule has 3 rings (SSSR count). The quantitative estimate of drug-likeness (QED) is 0.740. The molecule has 0 unspecified atom stereocenters. The summed E-state index contributed by atoms with van der Waals surface area (Å²) >= 11 is 0. The Morgan fingerprint density at radius 3 is 2.48 bits per heavy atom. The summed E-state index contributed by atoms with van der Waals surface area (Å²) in [5.74, 6) is 0.909. The summed E-state index contributed by atoms with van der Waals surface area (Å²) in [4.78, 5) is 15.6. The fourth-order valence-corrected chi connectivity index (χ4v) is 2.59. The van der Waals surface area contributed by atoms with E-state index in [9.17, 15) is 0 Å². The molecular formula is C16H19N5. The van der Waals surface area contributed by atoms with E-state index in [0.29, 0.717) is 0 Å². The zero-order valence-electron chi connectivity index (χ0n) is 12.8. The van der Waals surface area contributed by atoms with Crippen molar-refractivity contribution in [2.75, 3.05) is 19.0 Å². The standard InChI is InChI=1S/C16H19N5/c1-5-13-12(11-6-8-17-9-7-11)10-14-15(18-13)21(4)16(19-14)20(2)3/h6-10H,5H2,1-4H3. The van der Waals surface area contributed by atoms with Crippen molar-refractivity contribution in [3.05, 3.63) is 36.3 Å². The number of hydrogen-bond donors (Lipinski definition) is 0. The van der Waals surface area contributed by atoms with E-state index in [1.54, 1.807) is 0 Å². The highest BCUT2D eigenvalue weighted by Crippen LogP contribution is 2.28. The van der Waals surface area contributed by atoms with Gasteiger partial charge in [-0.05, 0) is 30.2 Å². The molecule has 0 saturated heterocycles. The lowest BCUT2D eigenvalue weighted by Gasteiger charge is -2.10. The summed E-state index contributed by atoms with van der Waals surface area (Å²) in [5, 5.41) is 0. The predicted octanol–water partition coefficient (Wildman–Crippen LogP) is 2.66. The van der Waals surface area contributed by atoms with Gasteiger partial charge in [-0.25, -0.2) is 9.97 Å². The van der Waals surface area contributed by atoms with Crippen molar-refractivity contribution in [1.29, 1.82) is 0 Å². The van der Waals surface area contributed by atoms with Crippen molar-refractivity contribution < 1.29 is 0 Å². The van der Waals surface area contributed by atoms with Crippen LogP contribution in [0.5, 0.6) is 0 Å². The first-order valence-electron chi connectivity index (χ1n) is 7.06. The molecule has 108 valence electrons. The lowest BCUT2D eigenvalue weighted by atomic mass is 10.0. The van der Waals surface area contributed by atoms with Crippen molar-refractivity contribution in [2.24, 2.45) is 7.05 Å². The van der Waals surface area contributed by atoms with Crippen LogP contribution in [0.15, 0.2) is 30.6 Å². The van der Waals surface area contributed by atoms with E-state index in [0.717, 1.165) is 40.4 Å². The number of pyridine rings is 2. The van der Waals surface area contributed by atoms with Crippen molar-refractivity contribution >= 4 is 17.1 Å². The Morgan fingerprint density at radius 1 is 1.14 bits per heavy atom. The third-order valence-electron chi connectivity index (χ3n) is 3.63. The number of nitrogens with zero attached hydrogens (tertiary/aromatic N) is 5. The highest BCUT2D eigenvalue weighted by molar-refractivity contribution is 5.82. The van der Waals surface area contributed by atoms with Gasteiger partial charge in [-0.3, -0.25) is 9.55 Å². The van der Waals surface area contributed by atoms with E-state index in [4.69, 9.17) is 4.98 Å². The lowest BCUT2D eigenvalue weighted by Crippen LogP contribution is -2.13. The van der Waals surface area contributed by atoms with Crippen molar-refractivity contribution in [1.82, 2.24) is 19.5 Å². The molecule has 5 nitrogen and oxygen atoms in total. The maximum absolute atomic E-state index is 4.83. The lowest BCUT2D eigenvalue weighted by molar-refractivity contribution is 0.875. The Hall–Kier alpha value is -2.43. The van der Waals surface area contributed by atoms with E-state index < -0.39 is 0 Å². The molecule has 3 aromatic rings. The number of aromatic nitrogens is 4. The molecule has 0 atom stereocenters. The number of fused-ring (bicyclic) bond motifs is 1. The zero-order valence-corrected chi connectivity index (χ0v) is 12.8. The summed E-state index contributed by atoms with van der Waals surface area (Å²) in [6, 6.07) is 6.15. The molecular weight excluding hydrogens is 262 g/mol. The largest absolute Gasteiger partial charge is 0.348 e. The van der Waals surface area contributed by atoms with Gasteiger partial charge in [0.1, 0.15) is 5.52 Å². The minimum atomic E-state index is 0.885. The van der Waals surface area contributed by atoms with Crippen LogP contribution in [0, 0.1) is 0 Å². The number of rotatable bonds is 3. The van der Waals surface area contributed by atoms with Gasteiger partial charge in [-0.2, -0.15) is 0 Å². The summed E-state index contributed by atoms with van der Waals surface area (Å²) in [6.07, 6.45) is 4.50. The Kier molecular flexibility index (Phi) is 3.33. The highest BCUT2D eigenvalue weighted by atomic mass is 15.3. The number of anilines is 1. The topological polar surface area (TPSA) is 46.8 Å². The molecule has 0 aliphatic rings. The van der Waals surface area contributed by atoms with Crippen LogP contribution in [0.2, 0.25) is 0 Å². The zero-order chi connectivity index (χ0) is 15.0. The molecule has 0 amide bonds. The molecule has 0 saturated carbocycles. The van der Waals surface area contributed by atoms with Gasteiger partial charge in [0.15, 0.2) is 5.65 Å². The van der Waals surface area contributed by atoms with E-state index in [-0.39, 0.29) is 0 Å². The average molecular weight is 281 g/mol. The highest BCUT2D eigenvalue weighted by Gasteiger charge is 2.14. The van der Waals surface area contributed by atoms with Gasteiger partial charge in [0, 0.05) is 39.1 Å². The van der Waals surface area contributed by atoms with E-state index in [1.807, 2.05) is 55.1 Å². The molecule has 0 aliphatic heterocycles. The van der Waals surface area contributed by atoms with Crippen LogP contribution >= 0.6 is 0 Å². The third kappa shape index (κ3) is 2.24. The number of imidazole rings is 1. The number of aryl methyl sites for hydroxylation is 2. The summed E-state index contributed by atoms with van der Waals surface area (Å²) in [6.45, 7) is 2.13. The molecule has 0 aliphatic carbocycles. The number of hydrogen-bond acceptors (Lipinski definition) is 4. The fourth-order valence-electron chi connectivity index (χ4n) is 2.59. The van der Waals surface area contributed by atoms with Gasteiger partial charge >= 0.3 is 0 Å². The molecule has 0 N–H and O–H groups in total. The second-order valence-electron chi connectivity index (χ2n) is 5.28. The minimum absolute atomic E-state index is 0.885. The van der Waals surface area contributed by atoms with Crippen LogP contribution < -0.4 is 4.90 Å². The summed E-state index contributed by atoms with van der Waals surface area (Å²) < 4.78 is 2.03. The molecule has 0 radical (unpaired) electrons. The van der Waals surface area contributed by atoms with E-state index in [1.165, 1.54) is 0 Å². The van der Waals surface area contributed by atoms with Crippen molar-refractivity contribution in [2.45, 2.75) is 13.3 Å². The first-order chi connectivity index (χ1) is 10.1. The van der Waals surface area contributed by atoms with Gasteiger partial charge in [0.25, 0.3) is 0 Å². The molecule has 21 heavy (non-hydrogen) atoms. The van der Waals surface area contributed by atoms with Gasteiger partial charge in [0.2, 0.25) is 5.95 Å². The van der Waals surface area contributed by atoms with Crippen LogP contribution in [-0.2, 0) is 13.5 Å². The molecule has 0 fully saturated rings. The van der Waals surface area contributed by atoms with Crippen LogP contribution in [0.3, 0.4) is 0 Å². The van der Waals surface area contributed by atoms with Crippen LogP contribution in [-0.4, -0.2) is 33.6 Å². The second kappa shape index (κ2) is 5.16. The van der Waals surface area contributed by atoms with E-state index in [2.05, 4.69) is 23.0 Å². The Labute approximate surface area is 124 Å². The maximum Gasteiger partial charge on any atom is 0.206 e. The second-order valence-corrected chi connectivity index (χ2v) is 5.28. The van der Waals surface area contributed by atoms with E-state index >= 15 is 0 Å². The average Bonchev–Trinajstić information content (AvgIpc) is 2.83. The van der Waals surface area contributed by atoms with Crippen molar-refractivity contribution in [3.63, 3.8) is 0 Å². The molecule has 0 bridgehead atoms. The Morgan fingerprint density at radius 2 is 1.86 bits per heavy atom. The van der Waals surface area contributed by atoms with Gasteiger partial charge < -0.3 is 4.90 Å². The summed E-state index contributed by atoms with van der Waals surface area (Å²) in [7, 11) is 5.99.